The van der Waals surface area contributed by atoms with Crippen molar-refractivity contribution < 1.29 is 9.21 Å². The number of furan rings is 1. The maximum absolute atomic E-state index is 12.0. The summed E-state index contributed by atoms with van der Waals surface area (Å²) >= 11 is 0. The Labute approximate surface area is 171 Å². The number of hydrogen-bond donors (Lipinski definition) is 2. The van der Waals surface area contributed by atoms with E-state index in [0.717, 1.165) is 17.7 Å². The van der Waals surface area contributed by atoms with Crippen molar-refractivity contribution in [2.75, 3.05) is 27.2 Å². The van der Waals surface area contributed by atoms with Gasteiger partial charge in [-0.05, 0) is 41.5 Å². The molecule has 1 aromatic heterocycles. The van der Waals surface area contributed by atoms with Crippen molar-refractivity contribution in [1.29, 1.82) is 0 Å². The summed E-state index contributed by atoms with van der Waals surface area (Å²) in [5, 5.41) is 9.12. The van der Waals surface area contributed by atoms with Crippen molar-refractivity contribution in [1.82, 2.24) is 15.5 Å². The van der Waals surface area contributed by atoms with E-state index >= 15 is 0 Å². The lowest BCUT2D eigenvalue weighted by Gasteiger charge is -2.19. The fraction of sp³-hybridized carbons (Fsp3) is 0.304. The van der Waals surface area contributed by atoms with Gasteiger partial charge in [-0.2, -0.15) is 0 Å². The minimum Gasteiger partial charge on any atom is -0.469 e. The molecule has 0 spiro atoms. The molecule has 0 bridgehead atoms. The van der Waals surface area contributed by atoms with Crippen LogP contribution in [0.15, 0.2) is 70.3 Å². The van der Waals surface area contributed by atoms with E-state index in [4.69, 9.17) is 4.42 Å². The van der Waals surface area contributed by atoms with Crippen LogP contribution >= 0.6 is 0 Å². The minimum atomic E-state index is -0.0458. The average Bonchev–Trinajstić information content (AvgIpc) is 3.24. The Morgan fingerprint density at radius 3 is 2.62 bits per heavy atom. The smallest absolute Gasteiger partial charge is 0.243 e. The highest BCUT2D eigenvalue weighted by Crippen LogP contribution is 2.20. The highest BCUT2D eigenvalue weighted by molar-refractivity contribution is 5.86. The van der Waals surface area contributed by atoms with E-state index < -0.39 is 0 Å². The predicted molar refractivity (Wildman–Crippen MR) is 117 cm³/mol. The number of fused-ring (bicyclic) bond motifs is 1. The summed E-state index contributed by atoms with van der Waals surface area (Å²) in [5.74, 6) is 1.46. The third-order valence-electron chi connectivity index (χ3n) is 4.74. The molecule has 3 rings (SSSR count). The third-order valence-corrected chi connectivity index (χ3v) is 4.74. The summed E-state index contributed by atoms with van der Waals surface area (Å²) in [6, 6.07) is 18.6. The Bertz CT molecular complexity index is 964. The lowest BCUT2D eigenvalue weighted by Crippen LogP contribution is -2.40. The minimum absolute atomic E-state index is 0.0314. The Morgan fingerprint density at radius 1 is 1.10 bits per heavy atom. The second-order valence-electron chi connectivity index (χ2n) is 7.18. The number of aliphatic imine (C=N–C) groups is 1. The number of nitrogens with one attached hydrogen (secondary N) is 2. The summed E-state index contributed by atoms with van der Waals surface area (Å²) in [7, 11) is 3.46. The molecule has 29 heavy (non-hydrogen) atoms. The molecule has 1 atom stereocenters. The lowest BCUT2D eigenvalue weighted by atomic mass is 10.0. The predicted octanol–water partition coefficient (Wildman–Crippen LogP) is 3.36. The van der Waals surface area contributed by atoms with Crippen LogP contribution in [0.2, 0.25) is 0 Å². The number of likely N-dealkylation sites (N-methyl/N-ethyl adjacent to an activating group) is 1. The highest BCUT2D eigenvalue weighted by Gasteiger charge is 2.10. The number of rotatable bonds is 7. The largest absolute Gasteiger partial charge is 0.469 e. The molecule has 3 aromatic rings. The van der Waals surface area contributed by atoms with Crippen molar-refractivity contribution in [2.24, 2.45) is 4.99 Å². The number of guanidine groups is 1. The first-order chi connectivity index (χ1) is 14.0. The van der Waals surface area contributed by atoms with E-state index in [1.807, 2.05) is 24.3 Å². The lowest BCUT2D eigenvalue weighted by molar-refractivity contribution is -0.127. The molecule has 0 aliphatic heterocycles. The van der Waals surface area contributed by atoms with Gasteiger partial charge in [0.25, 0.3) is 0 Å². The second kappa shape index (κ2) is 9.78. The molecular formula is C23H28N4O2. The summed E-state index contributed by atoms with van der Waals surface area (Å²) in [6.45, 7) is 2.83. The molecule has 0 aliphatic carbocycles. The van der Waals surface area contributed by atoms with Crippen molar-refractivity contribution in [3.63, 3.8) is 0 Å². The van der Waals surface area contributed by atoms with Gasteiger partial charge in [-0.3, -0.25) is 4.79 Å². The van der Waals surface area contributed by atoms with E-state index in [1.165, 1.54) is 15.7 Å². The van der Waals surface area contributed by atoms with Gasteiger partial charge in [-0.15, -0.1) is 0 Å². The summed E-state index contributed by atoms with van der Waals surface area (Å²) in [4.78, 5) is 18.0. The number of nitrogens with zero attached hydrogens (tertiary/aromatic N) is 2. The van der Waals surface area contributed by atoms with E-state index in [0.29, 0.717) is 12.5 Å². The first-order valence-corrected chi connectivity index (χ1v) is 9.79. The number of carbonyl (C=O) groups excluding carboxylic acids is 1. The first-order valence-electron chi connectivity index (χ1n) is 9.79. The van der Waals surface area contributed by atoms with Crippen LogP contribution in [0.25, 0.3) is 10.8 Å². The van der Waals surface area contributed by atoms with Crippen molar-refractivity contribution in [2.45, 2.75) is 19.4 Å². The Balaban J connectivity index is 1.69. The van der Waals surface area contributed by atoms with Crippen LogP contribution in [0, 0.1) is 0 Å². The van der Waals surface area contributed by atoms with Gasteiger partial charge in [-0.1, -0.05) is 36.4 Å². The van der Waals surface area contributed by atoms with Gasteiger partial charge in [0.1, 0.15) is 12.3 Å². The van der Waals surface area contributed by atoms with Gasteiger partial charge in [0.05, 0.1) is 12.3 Å². The number of benzene rings is 2. The van der Waals surface area contributed by atoms with E-state index in [1.54, 1.807) is 20.4 Å². The molecule has 0 aliphatic rings. The summed E-state index contributed by atoms with van der Waals surface area (Å²) in [6.07, 6.45) is 2.40. The number of amides is 1. The monoisotopic (exact) mass is 392 g/mol. The van der Waals surface area contributed by atoms with Crippen LogP contribution in [0.5, 0.6) is 0 Å². The first kappa shape index (κ1) is 20.5. The maximum Gasteiger partial charge on any atom is 0.243 e. The molecule has 1 heterocycles. The molecule has 1 amide bonds. The summed E-state index contributed by atoms with van der Waals surface area (Å²) < 4.78 is 5.38. The molecule has 6 nitrogen and oxygen atoms in total. The van der Waals surface area contributed by atoms with Crippen molar-refractivity contribution >= 4 is 22.6 Å². The molecule has 0 fully saturated rings. The maximum atomic E-state index is 12.0. The van der Waals surface area contributed by atoms with Gasteiger partial charge in [-0.25, -0.2) is 4.99 Å². The van der Waals surface area contributed by atoms with Crippen LogP contribution in [-0.2, 0) is 11.2 Å². The van der Waals surface area contributed by atoms with Gasteiger partial charge in [0, 0.05) is 27.1 Å². The van der Waals surface area contributed by atoms with Crippen molar-refractivity contribution in [3.8, 4) is 0 Å². The molecular weight excluding hydrogens is 364 g/mol. The molecule has 2 N–H and O–H groups in total. The molecule has 0 radical (unpaired) electrons. The van der Waals surface area contributed by atoms with Crippen LogP contribution in [0.4, 0.5) is 0 Å². The Hall–Kier alpha value is -3.28. The van der Waals surface area contributed by atoms with Crippen LogP contribution in [0.3, 0.4) is 0 Å². The molecule has 6 heteroatoms. The zero-order valence-electron chi connectivity index (χ0n) is 17.2. The second-order valence-corrected chi connectivity index (χ2v) is 7.18. The van der Waals surface area contributed by atoms with E-state index in [9.17, 15) is 4.79 Å². The Morgan fingerprint density at radius 2 is 1.90 bits per heavy atom. The third kappa shape index (κ3) is 5.85. The fourth-order valence-electron chi connectivity index (χ4n) is 2.97. The summed E-state index contributed by atoms with van der Waals surface area (Å²) in [5.41, 5.74) is 1.16. The van der Waals surface area contributed by atoms with Crippen LogP contribution < -0.4 is 10.6 Å². The van der Waals surface area contributed by atoms with E-state index in [2.05, 4.69) is 52.9 Å². The zero-order chi connectivity index (χ0) is 20.6. The SMILES string of the molecule is CC(NC(=NCC(=O)N(C)C)NCCc1ccco1)c1ccc2ccccc2c1. The molecule has 0 saturated carbocycles. The average molecular weight is 393 g/mol. The topological polar surface area (TPSA) is 69.9 Å². The van der Waals surface area contributed by atoms with Gasteiger partial charge >= 0.3 is 0 Å². The van der Waals surface area contributed by atoms with Gasteiger partial charge in [0.2, 0.25) is 5.91 Å². The normalized spacial score (nSPS) is 12.6. The van der Waals surface area contributed by atoms with Crippen LogP contribution in [0.1, 0.15) is 24.3 Å². The molecule has 152 valence electrons. The van der Waals surface area contributed by atoms with Gasteiger partial charge in [0.15, 0.2) is 5.96 Å². The van der Waals surface area contributed by atoms with E-state index in [-0.39, 0.29) is 18.5 Å². The Kier molecular flexibility index (Phi) is 6.89. The highest BCUT2D eigenvalue weighted by atomic mass is 16.3. The quantitative estimate of drug-likeness (QED) is 0.478. The van der Waals surface area contributed by atoms with Crippen molar-refractivity contribution in [3.05, 3.63) is 72.2 Å². The number of carbonyl (C=O) groups is 1. The van der Waals surface area contributed by atoms with Crippen LogP contribution in [-0.4, -0.2) is 44.0 Å². The standard InChI is InChI=1S/C23H28N4O2/c1-17(19-11-10-18-7-4-5-8-20(18)15-19)26-23(25-16-22(28)27(2)3)24-13-12-21-9-6-14-29-21/h4-11,14-15,17H,12-13,16H2,1-3H3,(H2,24,25,26). The molecule has 1 unspecified atom stereocenters. The zero-order valence-corrected chi connectivity index (χ0v) is 17.2. The number of hydrogen-bond acceptors (Lipinski definition) is 3. The molecule has 2 aromatic carbocycles. The van der Waals surface area contributed by atoms with Gasteiger partial charge < -0.3 is 20.0 Å². The molecule has 0 saturated heterocycles. The fourth-order valence-corrected chi connectivity index (χ4v) is 2.97.